The molecule has 0 radical (unpaired) electrons. The van der Waals surface area contributed by atoms with Crippen LogP contribution in [0.25, 0.3) is 0 Å². The van der Waals surface area contributed by atoms with Crippen LogP contribution in [-0.2, 0) is 10.9 Å². The van der Waals surface area contributed by atoms with Crippen molar-refractivity contribution in [2.45, 2.75) is 17.7 Å². The van der Waals surface area contributed by atoms with E-state index in [0.29, 0.717) is 12.1 Å². The summed E-state index contributed by atoms with van der Waals surface area (Å²) >= 11 is 0. The van der Waals surface area contributed by atoms with Crippen molar-refractivity contribution in [3.8, 4) is 5.75 Å². The smallest absolute Gasteiger partial charge is 0.246 e. The summed E-state index contributed by atoms with van der Waals surface area (Å²) < 4.78 is 0. The first-order valence-electron chi connectivity index (χ1n) is 6.01. The first kappa shape index (κ1) is 13.7. The molecule has 1 atom stereocenters. The standard InChI is InChI=1S/C14H15NO3S/c1-19(14-8-6-13(16)7-9-14)10-11-2-4-12(5-3-11)15(17)18/h2,4,6-9H,3,5,10H2,1H3/p+1. The lowest BCUT2D eigenvalue weighted by Gasteiger charge is -2.09. The second-order valence-electron chi connectivity index (χ2n) is 4.52. The van der Waals surface area contributed by atoms with E-state index in [0.717, 1.165) is 12.2 Å². The molecule has 0 saturated heterocycles. The predicted molar refractivity (Wildman–Crippen MR) is 76.9 cm³/mol. The summed E-state index contributed by atoms with van der Waals surface area (Å²) in [4.78, 5) is 11.5. The summed E-state index contributed by atoms with van der Waals surface area (Å²) in [5, 5.41) is 19.9. The molecule has 100 valence electrons. The fourth-order valence-electron chi connectivity index (χ4n) is 1.98. The summed E-state index contributed by atoms with van der Waals surface area (Å²) in [6.07, 6.45) is 6.94. The first-order chi connectivity index (χ1) is 9.06. The Morgan fingerprint density at radius 2 is 1.95 bits per heavy atom. The minimum atomic E-state index is -0.307. The van der Waals surface area contributed by atoms with Gasteiger partial charge in [-0.1, -0.05) is 6.08 Å². The van der Waals surface area contributed by atoms with Crippen molar-refractivity contribution >= 4 is 10.9 Å². The van der Waals surface area contributed by atoms with Crippen LogP contribution < -0.4 is 0 Å². The number of nitrogens with zero attached hydrogens (tertiary/aromatic N) is 1. The molecule has 1 N–H and O–H groups in total. The van der Waals surface area contributed by atoms with Crippen LogP contribution in [0.1, 0.15) is 12.8 Å². The maximum Gasteiger partial charge on any atom is 0.246 e. The summed E-state index contributed by atoms with van der Waals surface area (Å²) in [5.41, 5.74) is 1.55. The molecule has 0 bridgehead atoms. The van der Waals surface area contributed by atoms with E-state index in [-0.39, 0.29) is 21.6 Å². The Labute approximate surface area is 115 Å². The Kier molecular flexibility index (Phi) is 4.27. The van der Waals surface area contributed by atoms with Crippen LogP contribution in [0, 0.1) is 10.1 Å². The molecule has 1 aromatic rings. The Morgan fingerprint density at radius 1 is 1.26 bits per heavy atom. The number of phenols is 1. The molecule has 0 fully saturated rings. The summed E-state index contributed by atoms with van der Waals surface area (Å²) in [6.45, 7) is 0. The van der Waals surface area contributed by atoms with E-state index in [1.165, 1.54) is 10.5 Å². The van der Waals surface area contributed by atoms with E-state index < -0.39 is 0 Å². The Morgan fingerprint density at radius 3 is 2.47 bits per heavy atom. The molecular weight excluding hydrogens is 262 g/mol. The summed E-state index contributed by atoms with van der Waals surface area (Å²) in [5.74, 6) is 1.20. The van der Waals surface area contributed by atoms with Crippen LogP contribution in [-0.4, -0.2) is 22.0 Å². The first-order valence-corrected chi connectivity index (χ1v) is 7.81. The largest absolute Gasteiger partial charge is 0.508 e. The van der Waals surface area contributed by atoms with Gasteiger partial charge in [0.1, 0.15) is 17.8 Å². The highest BCUT2D eigenvalue weighted by Crippen LogP contribution is 2.23. The predicted octanol–water partition coefficient (Wildman–Crippen LogP) is 2.88. The van der Waals surface area contributed by atoms with E-state index in [1.807, 2.05) is 18.2 Å². The SMILES string of the molecule is C[S+](CC1=CC=C([N+](=O)[O-])CC1)c1ccc(O)cc1. The number of rotatable bonds is 4. The maximum absolute atomic E-state index is 10.6. The van der Waals surface area contributed by atoms with Gasteiger partial charge in [0.15, 0.2) is 4.90 Å². The van der Waals surface area contributed by atoms with Gasteiger partial charge in [-0.05, 0) is 36.3 Å². The van der Waals surface area contributed by atoms with Crippen molar-refractivity contribution in [2.75, 3.05) is 12.0 Å². The van der Waals surface area contributed by atoms with E-state index in [1.54, 1.807) is 18.2 Å². The van der Waals surface area contributed by atoms with Gasteiger partial charge in [-0.3, -0.25) is 10.1 Å². The lowest BCUT2D eigenvalue weighted by Crippen LogP contribution is -2.11. The van der Waals surface area contributed by atoms with Gasteiger partial charge in [-0.15, -0.1) is 0 Å². The molecule has 4 nitrogen and oxygen atoms in total. The molecule has 0 amide bonds. The maximum atomic E-state index is 10.6. The minimum Gasteiger partial charge on any atom is -0.508 e. The van der Waals surface area contributed by atoms with Crippen molar-refractivity contribution in [3.05, 3.63) is 57.8 Å². The number of phenolic OH excluding ortho intramolecular Hbond substituents is 1. The van der Waals surface area contributed by atoms with Gasteiger partial charge >= 0.3 is 0 Å². The van der Waals surface area contributed by atoms with Crippen LogP contribution in [0.4, 0.5) is 0 Å². The van der Waals surface area contributed by atoms with Gasteiger partial charge in [0.05, 0.1) is 4.92 Å². The molecule has 0 aromatic heterocycles. The van der Waals surface area contributed by atoms with E-state index >= 15 is 0 Å². The van der Waals surface area contributed by atoms with Crippen molar-refractivity contribution < 1.29 is 10.0 Å². The van der Waals surface area contributed by atoms with Crippen molar-refractivity contribution in [3.63, 3.8) is 0 Å². The molecule has 0 heterocycles. The molecule has 1 aliphatic carbocycles. The molecule has 5 heteroatoms. The molecule has 19 heavy (non-hydrogen) atoms. The fourth-order valence-corrected chi connectivity index (χ4v) is 3.55. The highest BCUT2D eigenvalue weighted by atomic mass is 32.2. The highest BCUT2D eigenvalue weighted by Gasteiger charge is 2.21. The van der Waals surface area contributed by atoms with Gasteiger partial charge in [0.2, 0.25) is 5.70 Å². The second kappa shape index (κ2) is 5.93. The third-order valence-electron chi connectivity index (χ3n) is 3.09. The fraction of sp³-hybridized carbons (Fsp3) is 0.286. The minimum absolute atomic E-state index is 0.0603. The number of benzene rings is 1. The zero-order valence-corrected chi connectivity index (χ0v) is 11.5. The van der Waals surface area contributed by atoms with E-state index in [9.17, 15) is 15.2 Å². The van der Waals surface area contributed by atoms with Crippen LogP contribution >= 0.6 is 0 Å². The van der Waals surface area contributed by atoms with Gasteiger partial charge in [-0.2, -0.15) is 0 Å². The molecule has 0 aliphatic heterocycles. The van der Waals surface area contributed by atoms with Gasteiger partial charge in [-0.25, -0.2) is 0 Å². The average molecular weight is 278 g/mol. The van der Waals surface area contributed by atoms with Crippen molar-refractivity contribution in [2.24, 2.45) is 0 Å². The molecular formula is C14H16NO3S+. The highest BCUT2D eigenvalue weighted by molar-refractivity contribution is 7.96. The van der Waals surface area contributed by atoms with Crippen molar-refractivity contribution in [1.82, 2.24) is 0 Å². The topological polar surface area (TPSA) is 63.4 Å². The zero-order valence-electron chi connectivity index (χ0n) is 10.7. The second-order valence-corrected chi connectivity index (χ2v) is 6.55. The van der Waals surface area contributed by atoms with Gasteiger partial charge in [0.25, 0.3) is 0 Å². The van der Waals surface area contributed by atoms with Crippen molar-refractivity contribution in [1.29, 1.82) is 0 Å². The van der Waals surface area contributed by atoms with Crippen LogP contribution in [0.2, 0.25) is 0 Å². The molecule has 1 aliphatic rings. The molecule has 2 rings (SSSR count). The van der Waals surface area contributed by atoms with Gasteiger partial charge in [0, 0.05) is 23.4 Å². The third-order valence-corrected chi connectivity index (χ3v) is 4.97. The zero-order chi connectivity index (χ0) is 13.8. The molecule has 0 spiro atoms. The lowest BCUT2D eigenvalue weighted by molar-refractivity contribution is -0.428. The number of hydrogen-bond acceptors (Lipinski definition) is 3. The van der Waals surface area contributed by atoms with Crippen LogP contribution in [0.3, 0.4) is 0 Å². The average Bonchev–Trinajstić information content (AvgIpc) is 2.40. The Hall–Kier alpha value is -1.75. The number of aromatic hydroxyl groups is 1. The Balaban J connectivity index is 2.02. The Bertz CT molecular complexity index is 534. The molecule has 0 saturated carbocycles. The number of allylic oxidation sites excluding steroid dienone is 3. The van der Waals surface area contributed by atoms with Crippen LogP contribution in [0.15, 0.2) is 52.6 Å². The van der Waals surface area contributed by atoms with E-state index in [4.69, 9.17) is 0 Å². The van der Waals surface area contributed by atoms with Crippen LogP contribution in [0.5, 0.6) is 5.75 Å². The third kappa shape index (κ3) is 3.61. The van der Waals surface area contributed by atoms with E-state index in [2.05, 4.69) is 6.26 Å². The number of nitro groups is 1. The monoisotopic (exact) mass is 278 g/mol. The van der Waals surface area contributed by atoms with Gasteiger partial charge < -0.3 is 5.11 Å². The molecule has 1 aromatic carbocycles. The summed E-state index contributed by atoms with van der Waals surface area (Å²) in [6, 6.07) is 7.25. The normalized spacial score (nSPS) is 16.5. The number of hydrogen-bond donors (Lipinski definition) is 1. The molecule has 1 unspecified atom stereocenters. The summed E-state index contributed by atoms with van der Waals surface area (Å²) in [7, 11) is 0.0603. The quantitative estimate of drug-likeness (QED) is 0.523. The lowest BCUT2D eigenvalue weighted by atomic mass is 10.0.